The maximum absolute atomic E-state index is 12.4. The van der Waals surface area contributed by atoms with E-state index in [4.69, 9.17) is 9.47 Å². The molecule has 0 aliphatic heterocycles. The van der Waals surface area contributed by atoms with Gasteiger partial charge in [-0.15, -0.1) is 0 Å². The number of Topliss-reactive ketones (excluding diaryl/α,β-unsaturated/α-hetero) is 1. The van der Waals surface area contributed by atoms with Crippen molar-refractivity contribution in [2.24, 2.45) is 0 Å². The van der Waals surface area contributed by atoms with E-state index in [0.717, 1.165) is 5.56 Å². The van der Waals surface area contributed by atoms with Gasteiger partial charge in [0.1, 0.15) is 6.10 Å². The molecule has 110 valence electrons. The van der Waals surface area contributed by atoms with Gasteiger partial charge in [0.15, 0.2) is 17.3 Å². The average Bonchev–Trinajstić information content (AvgIpc) is 2.53. The molecular weight excluding hydrogens is 268 g/mol. The summed E-state index contributed by atoms with van der Waals surface area (Å²) in [6, 6.07) is 12.0. The van der Waals surface area contributed by atoms with Crippen molar-refractivity contribution < 1.29 is 19.4 Å². The minimum absolute atomic E-state index is 0.375. The van der Waals surface area contributed by atoms with Gasteiger partial charge in [-0.25, -0.2) is 0 Å². The minimum Gasteiger partial charge on any atom is -0.493 e. The zero-order chi connectivity index (χ0) is 15.4. The van der Waals surface area contributed by atoms with Gasteiger partial charge in [-0.2, -0.15) is 0 Å². The van der Waals surface area contributed by atoms with Crippen LogP contribution in [-0.4, -0.2) is 25.1 Å². The fourth-order valence-corrected chi connectivity index (χ4v) is 2.05. The zero-order valence-electron chi connectivity index (χ0n) is 12.3. The van der Waals surface area contributed by atoms with E-state index < -0.39 is 6.10 Å². The molecule has 1 N–H and O–H groups in total. The van der Waals surface area contributed by atoms with E-state index in [2.05, 4.69) is 0 Å². The molecule has 1 unspecified atom stereocenters. The van der Waals surface area contributed by atoms with Crippen LogP contribution in [0.15, 0.2) is 42.5 Å². The molecule has 1 atom stereocenters. The van der Waals surface area contributed by atoms with E-state index in [9.17, 15) is 9.90 Å². The highest BCUT2D eigenvalue weighted by Gasteiger charge is 2.20. The molecule has 4 nitrogen and oxygen atoms in total. The minimum atomic E-state index is -1.19. The quantitative estimate of drug-likeness (QED) is 0.859. The van der Waals surface area contributed by atoms with Crippen LogP contribution in [0.4, 0.5) is 0 Å². The molecule has 0 amide bonds. The zero-order valence-corrected chi connectivity index (χ0v) is 12.3. The Balaban J connectivity index is 2.29. The van der Waals surface area contributed by atoms with E-state index in [1.54, 1.807) is 30.3 Å². The molecule has 0 fully saturated rings. The number of benzene rings is 2. The Morgan fingerprint density at radius 2 is 1.62 bits per heavy atom. The fraction of sp³-hybridized carbons (Fsp3) is 0.235. The third-order valence-corrected chi connectivity index (χ3v) is 3.31. The Kier molecular flexibility index (Phi) is 4.60. The van der Waals surface area contributed by atoms with Crippen molar-refractivity contribution in [1.82, 2.24) is 0 Å². The molecule has 2 rings (SSSR count). The lowest BCUT2D eigenvalue weighted by molar-refractivity contribution is 0.0747. The van der Waals surface area contributed by atoms with Gasteiger partial charge in [-0.05, 0) is 30.7 Å². The number of carbonyl (C=O) groups excluding carboxylic acids is 1. The summed E-state index contributed by atoms with van der Waals surface area (Å²) in [7, 11) is 3.03. The Hall–Kier alpha value is -2.33. The summed E-state index contributed by atoms with van der Waals surface area (Å²) < 4.78 is 10.3. The van der Waals surface area contributed by atoms with Gasteiger partial charge in [-0.3, -0.25) is 4.79 Å². The van der Waals surface area contributed by atoms with Crippen LogP contribution in [-0.2, 0) is 0 Å². The molecule has 0 aliphatic rings. The number of aryl methyl sites for hydroxylation is 1. The van der Waals surface area contributed by atoms with Crippen LogP contribution in [0.5, 0.6) is 11.5 Å². The van der Waals surface area contributed by atoms with Crippen LogP contribution in [0.2, 0.25) is 0 Å². The third kappa shape index (κ3) is 3.23. The first kappa shape index (κ1) is 15.1. The SMILES string of the molecule is COc1ccc(C(=O)C(O)c2ccc(C)cc2)cc1OC. The molecule has 0 bridgehead atoms. The Bertz CT molecular complexity index is 632. The topological polar surface area (TPSA) is 55.8 Å². The summed E-state index contributed by atoms with van der Waals surface area (Å²) in [5, 5.41) is 10.2. The van der Waals surface area contributed by atoms with E-state index in [0.29, 0.717) is 22.6 Å². The average molecular weight is 286 g/mol. The highest BCUT2D eigenvalue weighted by atomic mass is 16.5. The lowest BCUT2D eigenvalue weighted by atomic mass is 9.99. The van der Waals surface area contributed by atoms with Gasteiger partial charge in [-0.1, -0.05) is 29.8 Å². The predicted molar refractivity (Wildman–Crippen MR) is 80.0 cm³/mol. The molecule has 4 heteroatoms. The van der Waals surface area contributed by atoms with E-state index >= 15 is 0 Å². The molecule has 0 aromatic heterocycles. The lowest BCUT2D eigenvalue weighted by Gasteiger charge is -2.13. The third-order valence-electron chi connectivity index (χ3n) is 3.31. The summed E-state index contributed by atoms with van der Waals surface area (Å²) >= 11 is 0. The molecule has 0 radical (unpaired) electrons. The van der Waals surface area contributed by atoms with Crippen molar-refractivity contribution in [3.05, 3.63) is 59.2 Å². The van der Waals surface area contributed by atoms with E-state index in [-0.39, 0.29) is 5.78 Å². The largest absolute Gasteiger partial charge is 0.493 e. The van der Waals surface area contributed by atoms with Crippen LogP contribution in [0, 0.1) is 6.92 Å². The highest BCUT2D eigenvalue weighted by molar-refractivity contribution is 6.00. The van der Waals surface area contributed by atoms with E-state index in [1.165, 1.54) is 14.2 Å². The van der Waals surface area contributed by atoms with Crippen molar-refractivity contribution in [1.29, 1.82) is 0 Å². The van der Waals surface area contributed by atoms with Gasteiger partial charge in [0, 0.05) is 5.56 Å². The van der Waals surface area contributed by atoms with Crippen molar-refractivity contribution in [3.63, 3.8) is 0 Å². The standard InChI is InChI=1S/C17H18O4/c1-11-4-6-12(7-5-11)16(18)17(19)13-8-9-14(20-2)15(10-13)21-3/h4-10,16,18H,1-3H3. The number of ether oxygens (including phenoxy) is 2. The van der Waals surface area contributed by atoms with Crippen molar-refractivity contribution >= 4 is 5.78 Å². The van der Waals surface area contributed by atoms with Crippen LogP contribution < -0.4 is 9.47 Å². The molecule has 2 aromatic rings. The van der Waals surface area contributed by atoms with Crippen molar-refractivity contribution in [2.45, 2.75) is 13.0 Å². The summed E-state index contributed by atoms with van der Waals surface area (Å²) in [6.45, 7) is 1.95. The second-order valence-corrected chi connectivity index (χ2v) is 4.75. The lowest BCUT2D eigenvalue weighted by Crippen LogP contribution is -2.12. The van der Waals surface area contributed by atoms with Gasteiger partial charge in [0.05, 0.1) is 14.2 Å². The van der Waals surface area contributed by atoms with Crippen molar-refractivity contribution in [2.75, 3.05) is 14.2 Å². The van der Waals surface area contributed by atoms with Gasteiger partial charge in [0.25, 0.3) is 0 Å². The second-order valence-electron chi connectivity index (χ2n) is 4.75. The monoisotopic (exact) mass is 286 g/mol. The first-order chi connectivity index (χ1) is 10.1. The van der Waals surface area contributed by atoms with Gasteiger partial charge >= 0.3 is 0 Å². The predicted octanol–water partition coefficient (Wildman–Crippen LogP) is 2.93. The number of hydrogen-bond donors (Lipinski definition) is 1. The summed E-state index contributed by atoms with van der Waals surface area (Å²) in [6.07, 6.45) is -1.19. The summed E-state index contributed by atoms with van der Waals surface area (Å²) in [4.78, 5) is 12.4. The molecule has 0 heterocycles. The second kappa shape index (κ2) is 6.41. The first-order valence-electron chi connectivity index (χ1n) is 6.57. The number of carbonyl (C=O) groups is 1. The molecular formula is C17H18O4. The smallest absolute Gasteiger partial charge is 0.195 e. The molecule has 21 heavy (non-hydrogen) atoms. The Labute approximate surface area is 123 Å². The number of aliphatic hydroxyl groups is 1. The maximum Gasteiger partial charge on any atom is 0.195 e. The Morgan fingerprint density at radius 1 is 1.00 bits per heavy atom. The molecule has 0 spiro atoms. The molecule has 0 aliphatic carbocycles. The number of hydrogen-bond acceptors (Lipinski definition) is 4. The van der Waals surface area contributed by atoms with Crippen LogP contribution in [0.25, 0.3) is 0 Å². The Morgan fingerprint density at radius 3 is 2.19 bits per heavy atom. The van der Waals surface area contributed by atoms with E-state index in [1.807, 2.05) is 19.1 Å². The highest BCUT2D eigenvalue weighted by Crippen LogP contribution is 2.29. The molecule has 0 saturated carbocycles. The fourth-order valence-electron chi connectivity index (χ4n) is 2.05. The van der Waals surface area contributed by atoms with Crippen LogP contribution in [0.3, 0.4) is 0 Å². The number of ketones is 1. The number of methoxy groups -OCH3 is 2. The molecule has 2 aromatic carbocycles. The normalized spacial score (nSPS) is 11.8. The number of aliphatic hydroxyl groups excluding tert-OH is 1. The maximum atomic E-state index is 12.4. The van der Waals surface area contributed by atoms with Crippen LogP contribution in [0.1, 0.15) is 27.6 Å². The summed E-state index contributed by atoms with van der Waals surface area (Å²) in [5.41, 5.74) is 2.02. The van der Waals surface area contributed by atoms with Crippen LogP contribution >= 0.6 is 0 Å². The molecule has 0 saturated heterocycles. The summed E-state index contributed by atoms with van der Waals surface area (Å²) in [5.74, 6) is 0.623. The number of rotatable bonds is 5. The van der Waals surface area contributed by atoms with Crippen molar-refractivity contribution in [3.8, 4) is 11.5 Å². The first-order valence-corrected chi connectivity index (χ1v) is 6.57. The van der Waals surface area contributed by atoms with Gasteiger partial charge in [0.2, 0.25) is 0 Å². The van der Waals surface area contributed by atoms with Gasteiger partial charge < -0.3 is 14.6 Å².